The average molecular weight is 227 g/mol. The van der Waals surface area contributed by atoms with E-state index in [2.05, 4.69) is 10.3 Å². The molecule has 0 spiro atoms. The highest BCUT2D eigenvalue weighted by molar-refractivity contribution is 5.74. The molecule has 1 aromatic rings. The van der Waals surface area contributed by atoms with Crippen molar-refractivity contribution in [2.75, 3.05) is 13.7 Å². The lowest BCUT2D eigenvalue weighted by Crippen LogP contribution is -2.21. The number of para-hydroxylation sites is 1. The maximum absolute atomic E-state index is 13.1. The van der Waals surface area contributed by atoms with Gasteiger partial charge in [-0.2, -0.15) is 0 Å². The summed E-state index contributed by atoms with van der Waals surface area (Å²) in [4.78, 5) is 15.4. The molecule has 0 heterocycles. The van der Waals surface area contributed by atoms with Gasteiger partial charge in [0, 0.05) is 6.42 Å². The van der Waals surface area contributed by atoms with Gasteiger partial charge in [0.25, 0.3) is 0 Å². The van der Waals surface area contributed by atoms with Gasteiger partial charge in [0.1, 0.15) is 0 Å². The molecule has 16 heavy (non-hydrogen) atoms. The zero-order valence-corrected chi connectivity index (χ0v) is 9.03. The molecule has 4 nitrogen and oxygen atoms in total. The summed E-state index contributed by atoms with van der Waals surface area (Å²) in [7, 11) is 1.37. The molecule has 0 saturated carbocycles. The first kappa shape index (κ1) is 12.4. The van der Waals surface area contributed by atoms with Crippen molar-refractivity contribution < 1.29 is 18.8 Å². The Kier molecular flexibility index (Phi) is 5.28. The summed E-state index contributed by atoms with van der Waals surface area (Å²) in [6, 6.07) is 6.15. The van der Waals surface area contributed by atoms with Crippen LogP contribution in [0.25, 0.3) is 0 Å². The molecule has 0 unspecified atom stereocenters. The van der Waals surface area contributed by atoms with Gasteiger partial charge < -0.3 is 4.74 Å². The van der Waals surface area contributed by atoms with Crippen molar-refractivity contribution in [1.29, 1.82) is 0 Å². The summed E-state index contributed by atoms with van der Waals surface area (Å²) in [5.74, 6) is -0.418. The highest BCUT2D eigenvalue weighted by Gasteiger charge is 2.03. The smallest absolute Gasteiger partial charge is 0.243 e. The Balaban J connectivity index is 2.21. The molecule has 1 amide bonds. The number of rotatable bonds is 6. The van der Waals surface area contributed by atoms with Crippen LogP contribution in [0.1, 0.15) is 12.8 Å². The Morgan fingerprint density at radius 2 is 2.19 bits per heavy atom. The van der Waals surface area contributed by atoms with E-state index in [1.807, 2.05) is 0 Å². The molecule has 0 fully saturated rings. The molecule has 0 aliphatic carbocycles. The van der Waals surface area contributed by atoms with Crippen LogP contribution in [-0.2, 0) is 9.63 Å². The highest BCUT2D eigenvalue weighted by Crippen LogP contribution is 2.15. The first-order valence-corrected chi connectivity index (χ1v) is 4.93. The summed E-state index contributed by atoms with van der Waals surface area (Å²) in [6.45, 7) is 0.290. The molecule has 0 aliphatic rings. The predicted octanol–water partition coefficient (Wildman–Crippen LogP) is 1.66. The molecule has 0 atom stereocenters. The molecule has 1 aromatic carbocycles. The Morgan fingerprint density at radius 1 is 1.44 bits per heavy atom. The van der Waals surface area contributed by atoms with Gasteiger partial charge in [-0.15, -0.1) is 0 Å². The van der Waals surface area contributed by atoms with Gasteiger partial charge in [-0.05, 0) is 18.6 Å². The Hall–Kier alpha value is -1.62. The van der Waals surface area contributed by atoms with E-state index in [9.17, 15) is 9.18 Å². The number of ether oxygens (including phenoxy) is 1. The molecule has 1 rings (SSSR count). The van der Waals surface area contributed by atoms with Crippen LogP contribution in [-0.4, -0.2) is 19.6 Å². The quantitative estimate of drug-likeness (QED) is 0.594. The van der Waals surface area contributed by atoms with E-state index in [1.165, 1.54) is 13.2 Å². The molecule has 88 valence electrons. The standard InChI is InChI=1S/C11H14FNO3/c1-15-13-11(14)7-4-8-16-10-6-3-2-5-9(10)12/h2-3,5-6H,4,7-8H2,1H3,(H,13,14). The molecule has 1 N–H and O–H groups in total. The minimum absolute atomic E-state index is 0.203. The Morgan fingerprint density at radius 3 is 2.88 bits per heavy atom. The van der Waals surface area contributed by atoms with Crippen LogP contribution in [0.2, 0.25) is 0 Å². The highest BCUT2D eigenvalue weighted by atomic mass is 19.1. The SMILES string of the molecule is CONC(=O)CCCOc1ccccc1F. The van der Waals surface area contributed by atoms with Crippen LogP contribution in [0.3, 0.4) is 0 Å². The summed E-state index contributed by atoms with van der Waals surface area (Å²) in [5.41, 5.74) is 2.19. The van der Waals surface area contributed by atoms with Crippen molar-refractivity contribution in [3.63, 3.8) is 0 Å². The number of hydrogen-bond donors (Lipinski definition) is 1. The van der Waals surface area contributed by atoms with Crippen LogP contribution in [0.5, 0.6) is 5.75 Å². The molecule has 0 radical (unpaired) electrons. The molecule has 0 aliphatic heterocycles. The zero-order chi connectivity index (χ0) is 11.8. The third-order valence-electron chi connectivity index (χ3n) is 1.86. The summed E-state index contributed by atoms with van der Waals surface area (Å²) in [6.07, 6.45) is 0.784. The maximum atomic E-state index is 13.1. The first-order valence-electron chi connectivity index (χ1n) is 4.93. The third-order valence-corrected chi connectivity index (χ3v) is 1.86. The fourth-order valence-corrected chi connectivity index (χ4v) is 1.14. The normalized spacial score (nSPS) is 9.88. The lowest BCUT2D eigenvalue weighted by molar-refractivity contribution is -0.131. The number of hydroxylamine groups is 1. The number of amides is 1. The van der Waals surface area contributed by atoms with Gasteiger partial charge in [-0.25, -0.2) is 9.87 Å². The van der Waals surface area contributed by atoms with Crippen molar-refractivity contribution in [3.05, 3.63) is 30.1 Å². The van der Waals surface area contributed by atoms with Gasteiger partial charge in [0.15, 0.2) is 11.6 Å². The Labute approximate surface area is 93.3 Å². The topological polar surface area (TPSA) is 47.6 Å². The number of hydrogen-bond acceptors (Lipinski definition) is 3. The van der Waals surface area contributed by atoms with Crippen LogP contribution in [0.4, 0.5) is 4.39 Å². The van der Waals surface area contributed by atoms with Gasteiger partial charge in [0.05, 0.1) is 13.7 Å². The van der Waals surface area contributed by atoms with Crippen LogP contribution >= 0.6 is 0 Å². The van der Waals surface area contributed by atoms with Gasteiger partial charge in [0.2, 0.25) is 5.91 Å². The third kappa shape index (κ3) is 4.27. The fourth-order valence-electron chi connectivity index (χ4n) is 1.14. The van der Waals surface area contributed by atoms with Crippen molar-refractivity contribution in [2.45, 2.75) is 12.8 Å². The second-order valence-electron chi connectivity index (χ2n) is 3.11. The molecule has 5 heteroatoms. The number of nitrogens with one attached hydrogen (secondary N) is 1. The predicted molar refractivity (Wildman–Crippen MR) is 56.3 cm³/mol. The van der Waals surface area contributed by atoms with E-state index in [0.29, 0.717) is 6.42 Å². The van der Waals surface area contributed by atoms with Gasteiger partial charge >= 0.3 is 0 Å². The number of carbonyl (C=O) groups excluding carboxylic acids is 1. The van der Waals surface area contributed by atoms with E-state index < -0.39 is 5.82 Å². The van der Waals surface area contributed by atoms with Crippen molar-refractivity contribution in [2.24, 2.45) is 0 Å². The monoisotopic (exact) mass is 227 g/mol. The molecule has 0 aromatic heterocycles. The van der Waals surface area contributed by atoms with E-state index in [1.54, 1.807) is 18.2 Å². The lowest BCUT2D eigenvalue weighted by atomic mass is 10.3. The Bertz CT molecular complexity index is 344. The summed E-state index contributed by atoms with van der Waals surface area (Å²) < 4.78 is 18.2. The van der Waals surface area contributed by atoms with Crippen molar-refractivity contribution in [1.82, 2.24) is 5.48 Å². The molecule has 0 saturated heterocycles. The first-order chi connectivity index (χ1) is 7.74. The van der Waals surface area contributed by atoms with Crippen LogP contribution in [0, 0.1) is 5.82 Å². The van der Waals surface area contributed by atoms with Crippen LogP contribution in [0.15, 0.2) is 24.3 Å². The van der Waals surface area contributed by atoms with Gasteiger partial charge in [-0.1, -0.05) is 12.1 Å². The summed E-state index contributed by atoms with van der Waals surface area (Å²) >= 11 is 0. The number of benzene rings is 1. The maximum Gasteiger partial charge on any atom is 0.243 e. The second-order valence-corrected chi connectivity index (χ2v) is 3.11. The van der Waals surface area contributed by atoms with E-state index in [0.717, 1.165) is 0 Å². The largest absolute Gasteiger partial charge is 0.491 e. The zero-order valence-electron chi connectivity index (χ0n) is 9.03. The van der Waals surface area contributed by atoms with Crippen molar-refractivity contribution in [3.8, 4) is 5.75 Å². The summed E-state index contributed by atoms with van der Waals surface area (Å²) in [5, 5.41) is 0. The van der Waals surface area contributed by atoms with Crippen molar-refractivity contribution >= 4 is 5.91 Å². The molecular weight excluding hydrogens is 213 g/mol. The fraction of sp³-hybridized carbons (Fsp3) is 0.364. The minimum atomic E-state index is -0.399. The average Bonchev–Trinajstić information content (AvgIpc) is 2.27. The second kappa shape index (κ2) is 6.79. The van der Waals surface area contributed by atoms with Gasteiger partial charge in [-0.3, -0.25) is 9.63 Å². The van der Waals surface area contributed by atoms with E-state index >= 15 is 0 Å². The number of halogens is 1. The van der Waals surface area contributed by atoms with E-state index in [4.69, 9.17) is 4.74 Å². The minimum Gasteiger partial charge on any atom is -0.491 e. The van der Waals surface area contributed by atoms with Crippen LogP contribution < -0.4 is 10.2 Å². The lowest BCUT2D eigenvalue weighted by Gasteiger charge is -2.06. The molecule has 0 bridgehead atoms. The molecular formula is C11H14FNO3. The number of carbonyl (C=O) groups is 1. The van der Waals surface area contributed by atoms with E-state index in [-0.39, 0.29) is 24.7 Å².